The number of rotatable bonds is 3. The molecule has 0 amide bonds. The van der Waals surface area contributed by atoms with Crippen LogP contribution in [0, 0.1) is 0 Å². The molecule has 2 aromatic heterocycles. The van der Waals surface area contributed by atoms with Crippen molar-refractivity contribution in [3.63, 3.8) is 0 Å². The molecule has 1 fully saturated rings. The van der Waals surface area contributed by atoms with Crippen molar-refractivity contribution in [2.75, 3.05) is 0 Å². The lowest BCUT2D eigenvalue weighted by Gasteiger charge is -2.34. The van der Waals surface area contributed by atoms with Crippen molar-refractivity contribution in [2.45, 2.75) is 24.8 Å². The van der Waals surface area contributed by atoms with Crippen LogP contribution in [0.15, 0.2) is 35.1 Å². The van der Waals surface area contributed by atoms with Crippen LogP contribution in [0.25, 0.3) is 17.1 Å². The molecule has 1 aliphatic carbocycles. The maximum absolute atomic E-state index is 6.21. The highest BCUT2D eigenvalue weighted by Crippen LogP contribution is 2.37. The summed E-state index contributed by atoms with van der Waals surface area (Å²) < 4.78 is 6.96. The molecule has 0 unspecified atom stereocenters. The van der Waals surface area contributed by atoms with Crippen molar-refractivity contribution in [3.8, 4) is 17.1 Å². The SMILES string of the molecule is Cl.NC1(c2noc(-c3cnn(-c4ccc(Cl)cc4Cl)c3)n2)CCC1. The highest BCUT2D eigenvalue weighted by molar-refractivity contribution is 6.35. The molecule has 0 spiro atoms. The predicted octanol–water partition coefficient (Wildman–Crippen LogP) is 3.99. The first-order chi connectivity index (χ1) is 11.0. The number of nitrogens with zero attached hydrogens (tertiary/aromatic N) is 4. The van der Waals surface area contributed by atoms with E-state index in [0.717, 1.165) is 24.9 Å². The van der Waals surface area contributed by atoms with Crippen LogP contribution >= 0.6 is 35.6 Å². The lowest BCUT2D eigenvalue weighted by molar-refractivity contribution is 0.229. The Kier molecular flexibility index (Phi) is 4.57. The van der Waals surface area contributed by atoms with Gasteiger partial charge in [-0.15, -0.1) is 12.4 Å². The average Bonchev–Trinajstić information content (AvgIpc) is 3.13. The minimum absolute atomic E-state index is 0. The summed E-state index contributed by atoms with van der Waals surface area (Å²) in [5, 5.41) is 9.37. The van der Waals surface area contributed by atoms with Gasteiger partial charge in [0.25, 0.3) is 5.89 Å². The fourth-order valence-electron chi connectivity index (χ4n) is 2.56. The van der Waals surface area contributed by atoms with Gasteiger partial charge in [-0.1, -0.05) is 28.4 Å². The smallest absolute Gasteiger partial charge is 0.261 e. The van der Waals surface area contributed by atoms with Crippen molar-refractivity contribution in [1.82, 2.24) is 19.9 Å². The van der Waals surface area contributed by atoms with Crippen LogP contribution in [0.4, 0.5) is 0 Å². The van der Waals surface area contributed by atoms with Crippen LogP contribution in [0.5, 0.6) is 0 Å². The zero-order valence-electron chi connectivity index (χ0n) is 12.4. The van der Waals surface area contributed by atoms with Gasteiger partial charge in [-0.2, -0.15) is 10.1 Å². The molecule has 4 rings (SSSR count). The van der Waals surface area contributed by atoms with Crippen LogP contribution in [0.3, 0.4) is 0 Å². The van der Waals surface area contributed by atoms with Gasteiger partial charge in [0, 0.05) is 11.2 Å². The van der Waals surface area contributed by atoms with E-state index in [0.29, 0.717) is 27.3 Å². The summed E-state index contributed by atoms with van der Waals surface area (Å²) in [6.45, 7) is 0. The maximum Gasteiger partial charge on any atom is 0.261 e. The fraction of sp³-hybridized carbons (Fsp3) is 0.267. The van der Waals surface area contributed by atoms with Crippen LogP contribution in [0.2, 0.25) is 10.0 Å². The number of aromatic nitrogens is 4. The van der Waals surface area contributed by atoms with Gasteiger partial charge in [-0.3, -0.25) is 0 Å². The van der Waals surface area contributed by atoms with E-state index in [1.807, 2.05) is 0 Å². The van der Waals surface area contributed by atoms with Gasteiger partial charge in [0.15, 0.2) is 5.82 Å². The van der Waals surface area contributed by atoms with E-state index < -0.39 is 5.54 Å². The monoisotopic (exact) mass is 385 g/mol. The molecule has 0 radical (unpaired) electrons. The van der Waals surface area contributed by atoms with Crippen molar-refractivity contribution in [3.05, 3.63) is 46.5 Å². The Hall–Kier alpha value is -1.60. The predicted molar refractivity (Wildman–Crippen MR) is 93.8 cm³/mol. The first-order valence-corrected chi connectivity index (χ1v) is 7.94. The molecule has 126 valence electrons. The zero-order valence-corrected chi connectivity index (χ0v) is 14.8. The Morgan fingerprint density at radius 3 is 2.71 bits per heavy atom. The molecule has 6 nitrogen and oxygen atoms in total. The standard InChI is InChI=1S/C15H13Cl2N5O.ClH/c16-10-2-3-12(11(17)6-10)22-8-9(7-19-22)13-20-14(21-23-13)15(18)4-1-5-15;/h2-3,6-8H,1,4-5,18H2;1H. The lowest BCUT2D eigenvalue weighted by atomic mass is 9.77. The molecule has 2 heterocycles. The van der Waals surface area contributed by atoms with E-state index in [1.54, 1.807) is 35.3 Å². The number of benzene rings is 1. The molecular weight excluding hydrogens is 373 g/mol. The summed E-state index contributed by atoms with van der Waals surface area (Å²) in [5.41, 5.74) is 7.19. The fourth-order valence-corrected chi connectivity index (χ4v) is 3.05. The number of nitrogens with two attached hydrogens (primary N) is 1. The third-order valence-corrected chi connectivity index (χ3v) is 4.64. The molecule has 0 bridgehead atoms. The minimum Gasteiger partial charge on any atom is -0.334 e. The van der Waals surface area contributed by atoms with E-state index in [4.69, 9.17) is 33.5 Å². The molecule has 0 aliphatic heterocycles. The highest BCUT2D eigenvalue weighted by atomic mass is 35.5. The minimum atomic E-state index is -0.447. The van der Waals surface area contributed by atoms with Crippen molar-refractivity contribution in [1.29, 1.82) is 0 Å². The van der Waals surface area contributed by atoms with Gasteiger partial charge in [-0.05, 0) is 37.5 Å². The van der Waals surface area contributed by atoms with Crippen LogP contribution in [-0.4, -0.2) is 19.9 Å². The second-order valence-corrected chi connectivity index (χ2v) is 6.55. The highest BCUT2D eigenvalue weighted by Gasteiger charge is 2.39. The quantitative estimate of drug-likeness (QED) is 0.736. The third kappa shape index (κ3) is 2.91. The Morgan fingerprint density at radius 2 is 2.04 bits per heavy atom. The number of hydrogen-bond donors (Lipinski definition) is 1. The molecule has 1 saturated carbocycles. The summed E-state index contributed by atoms with van der Waals surface area (Å²) in [6, 6.07) is 5.22. The largest absolute Gasteiger partial charge is 0.334 e. The van der Waals surface area contributed by atoms with Gasteiger partial charge in [0.2, 0.25) is 0 Å². The summed E-state index contributed by atoms with van der Waals surface area (Å²) in [7, 11) is 0. The summed E-state index contributed by atoms with van der Waals surface area (Å²) in [5.74, 6) is 0.948. The summed E-state index contributed by atoms with van der Waals surface area (Å²) >= 11 is 12.1. The molecule has 0 atom stereocenters. The van der Waals surface area contributed by atoms with Crippen molar-refractivity contribution >= 4 is 35.6 Å². The van der Waals surface area contributed by atoms with Gasteiger partial charge >= 0.3 is 0 Å². The summed E-state index contributed by atoms with van der Waals surface area (Å²) in [4.78, 5) is 4.41. The molecule has 0 saturated heterocycles. The molecular formula is C15H14Cl3N5O. The van der Waals surface area contributed by atoms with Crippen LogP contribution in [-0.2, 0) is 5.54 Å². The number of halogens is 3. The van der Waals surface area contributed by atoms with E-state index in [-0.39, 0.29) is 12.4 Å². The molecule has 1 aliphatic rings. The maximum atomic E-state index is 6.21. The van der Waals surface area contributed by atoms with E-state index >= 15 is 0 Å². The van der Waals surface area contributed by atoms with Crippen LogP contribution < -0.4 is 5.73 Å². The molecule has 2 N–H and O–H groups in total. The summed E-state index contributed by atoms with van der Waals surface area (Å²) in [6.07, 6.45) is 6.27. The Labute approximate surface area is 154 Å². The normalized spacial score (nSPS) is 15.6. The van der Waals surface area contributed by atoms with Gasteiger partial charge in [0.05, 0.1) is 28.0 Å². The molecule has 24 heavy (non-hydrogen) atoms. The molecule has 3 aromatic rings. The number of hydrogen-bond acceptors (Lipinski definition) is 5. The zero-order chi connectivity index (χ0) is 16.0. The Morgan fingerprint density at radius 1 is 1.25 bits per heavy atom. The topological polar surface area (TPSA) is 82.8 Å². The van der Waals surface area contributed by atoms with Crippen molar-refractivity contribution in [2.24, 2.45) is 5.73 Å². The third-order valence-electron chi connectivity index (χ3n) is 4.10. The Bertz CT molecular complexity index is 872. The van der Waals surface area contributed by atoms with E-state index in [9.17, 15) is 0 Å². The molecule has 9 heteroatoms. The van der Waals surface area contributed by atoms with Crippen LogP contribution in [0.1, 0.15) is 25.1 Å². The van der Waals surface area contributed by atoms with E-state index in [2.05, 4.69) is 15.2 Å². The second-order valence-electron chi connectivity index (χ2n) is 5.70. The van der Waals surface area contributed by atoms with Gasteiger partial charge < -0.3 is 10.3 Å². The van der Waals surface area contributed by atoms with Gasteiger partial charge in [0.1, 0.15) is 0 Å². The lowest BCUT2D eigenvalue weighted by Crippen LogP contribution is -2.44. The van der Waals surface area contributed by atoms with Crippen molar-refractivity contribution < 1.29 is 4.52 Å². The average molecular weight is 387 g/mol. The first kappa shape index (κ1) is 17.2. The second kappa shape index (κ2) is 6.37. The Balaban J connectivity index is 0.00000169. The van der Waals surface area contributed by atoms with Gasteiger partial charge in [-0.25, -0.2) is 4.68 Å². The first-order valence-electron chi connectivity index (χ1n) is 7.19. The van der Waals surface area contributed by atoms with E-state index in [1.165, 1.54) is 0 Å². The molecule has 1 aromatic carbocycles.